The van der Waals surface area contributed by atoms with Gasteiger partial charge in [-0.3, -0.25) is 4.98 Å². The van der Waals surface area contributed by atoms with Crippen LogP contribution in [-0.4, -0.2) is 9.97 Å². The molecule has 0 radical (unpaired) electrons. The van der Waals surface area contributed by atoms with Crippen LogP contribution in [0.2, 0.25) is 0 Å². The van der Waals surface area contributed by atoms with Crippen LogP contribution in [0.15, 0.2) is 103 Å². The summed E-state index contributed by atoms with van der Waals surface area (Å²) in [6.45, 7) is 0. The first-order valence-corrected chi connectivity index (χ1v) is 9.81. The molecule has 29 heavy (non-hydrogen) atoms. The number of hydrogen-bond donors (Lipinski definition) is 1. The third-order valence-corrected chi connectivity index (χ3v) is 5.73. The predicted molar refractivity (Wildman–Crippen MR) is 122 cm³/mol. The highest BCUT2D eigenvalue weighted by Crippen LogP contribution is 2.37. The molecule has 0 saturated carbocycles. The number of aromatic amines is 1. The second-order valence-corrected chi connectivity index (χ2v) is 7.38. The zero-order valence-corrected chi connectivity index (χ0v) is 15.8. The lowest BCUT2D eigenvalue weighted by Crippen LogP contribution is -1.84. The van der Waals surface area contributed by atoms with E-state index in [1.54, 1.807) is 0 Å². The lowest BCUT2D eigenvalue weighted by molar-refractivity contribution is 1.33. The number of aromatic nitrogens is 2. The normalized spacial score (nSPS) is 11.4. The molecular formula is C27H18N2. The maximum Gasteiger partial charge on any atom is 0.0550 e. The highest BCUT2D eigenvalue weighted by atomic mass is 14.7. The van der Waals surface area contributed by atoms with E-state index >= 15 is 0 Å². The SMILES string of the molecule is c1cc(-c2ccc(-c3ccncc3)cc2)c2c(c1)ccc1c3ccccc3[nH]c12. The molecule has 0 spiro atoms. The number of H-pyrrole nitrogens is 1. The molecule has 0 aliphatic heterocycles. The highest BCUT2D eigenvalue weighted by molar-refractivity contribution is 6.20. The Morgan fingerprint density at radius 1 is 0.552 bits per heavy atom. The van der Waals surface area contributed by atoms with Gasteiger partial charge in [0, 0.05) is 34.1 Å². The van der Waals surface area contributed by atoms with Gasteiger partial charge in [-0.1, -0.05) is 72.8 Å². The standard InChI is InChI=1S/C27H18N2/c1-2-7-25-23(5-1)24-13-12-21-4-3-6-22(26(21)27(24)29-25)20-10-8-18(9-11-20)19-14-16-28-17-15-19/h1-17,29H. The van der Waals surface area contributed by atoms with Crippen LogP contribution in [0.1, 0.15) is 0 Å². The molecule has 136 valence electrons. The molecule has 0 fully saturated rings. The summed E-state index contributed by atoms with van der Waals surface area (Å²) in [4.78, 5) is 7.78. The Balaban J connectivity index is 1.59. The fourth-order valence-electron chi connectivity index (χ4n) is 4.32. The van der Waals surface area contributed by atoms with Gasteiger partial charge >= 0.3 is 0 Å². The Bertz CT molecular complexity index is 1480. The zero-order valence-electron chi connectivity index (χ0n) is 15.8. The van der Waals surface area contributed by atoms with Gasteiger partial charge in [-0.05, 0) is 45.8 Å². The van der Waals surface area contributed by atoms with Gasteiger partial charge in [-0.15, -0.1) is 0 Å². The Kier molecular flexibility index (Phi) is 3.50. The molecule has 2 heteroatoms. The molecule has 6 aromatic rings. The number of fused-ring (bicyclic) bond motifs is 5. The van der Waals surface area contributed by atoms with Gasteiger partial charge in [0.25, 0.3) is 0 Å². The third-order valence-electron chi connectivity index (χ3n) is 5.73. The van der Waals surface area contributed by atoms with E-state index in [0.29, 0.717) is 0 Å². The summed E-state index contributed by atoms with van der Waals surface area (Å²) in [5, 5.41) is 5.07. The van der Waals surface area contributed by atoms with Crippen molar-refractivity contribution in [2.45, 2.75) is 0 Å². The largest absolute Gasteiger partial charge is 0.354 e. The van der Waals surface area contributed by atoms with Crippen LogP contribution in [0.3, 0.4) is 0 Å². The van der Waals surface area contributed by atoms with E-state index in [0.717, 1.165) is 0 Å². The second kappa shape index (κ2) is 6.32. The Morgan fingerprint density at radius 3 is 2.17 bits per heavy atom. The lowest BCUT2D eigenvalue weighted by Gasteiger charge is -2.10. The summed E-state index contributed by atoms with van der Waals surface area (Å²) in [7, 11) is 0. The van der Waals surface area contributed by atoms with Gasteiger partial charge < -0.3 is 4.98 Å². The molecule has 6 rings (SSSR count). The number of rotatable bonds is 2. The molecule has 0 bridgehead atoms. The number of nitrogens with one attached hydrogen (secondary N) is 1. The number of benzene rings is 4. The Labute approximate surface area is 168 Å². The molecule has 0 saturated heterocycles. The van der Waals surface area contributed by atoms with Crippen LogP contribution in [0.25, 0.3) is 54.8 Å². The van der Waals surface area contributed by atoms with Crippen molar-refractivity contribution >= 4 is 32.6 Å². The van der Waals surface area contributed by atoms with Crippen molar-refractivity contribution < 1.29 is 0 Å². The maximum atomic E-state index is 4.11. The molecule has 2 aromatic heterocycles. The van der Waals surface area contributed by atoms with Gasteiger partial charge in [0.05, 0.1) is 5.52 Å². The molecule has 2 nitrogen and oxygen atoms in total. The maximum absolute atomic E-state index is 4.11. The van der Waals surface area contributed by atoms with Gasteiger partial charge in [0.2, 0.25) is 0 Å². The van der Waals surface area contributed by atoms with E-state index in [4.69, 9.17) is 0 Å². The van der Waals surface area contributed by atoms with Crippen molar-refractivity contribution in [1.82, 2.24) is 9.97 Å². The lowest BCUT2D eigenvalue weighted by atomic mass is 9.95. The quantitative estimate of drug-likeness (QED) is 0.343. The second-order valence-electron chi connectivity index (χ2n) is 7.38. The first kappa shape index (κ1) is 16.1. The first-order chi connectivity index (χ1) is 14.4. The highest BCUT2D eigenvalue weighted by Gasteiger charge is 2.12. The van der Waals surface area contributed by atoms with Crippen molar-refractivity contribution in [3.8, 4) is 22.3 Å². The fraction of sp³-hybridized carbons (Fsp3) is 0. The van der Waals surface area contributed by atoms with Crippen LogP contribution < -0.4 is 0 Å². The number of hydrogen-bond acceptors (Lipinski definition) is 1. The minimum absolute atomic E-state index is 1.18. The number of pyridine rings is 1. The van der Waals surface area contributed by atoms with E-state index in [1.165, 1.54) is 54.8 Å². The first-order valence-electron chi connectivity index (χ1n) is 9.81. The van der Waals surface area contributed by atoms with Crippen LogP contribution in [0.4, 0.5) is 0 Å². The molecule has 0 aliphatic rings. The topological polar surface area (TPSA) is 28.7 Å². The van der Waals surface area contributed by atoms with Gasteiger partial charge in [-0.2, -0.15) is 0 Å². The van der Waals surface area contributed by atoms with E-state index in [1.807, 2.05) is 24.5 Å². The smallest absolute Gasteiger partial charge is 0.0550 e. The minimum atomic E-state index is 1.18. The average molecular weight is 370 g/mol. The molecular weight excluding hydrogens is 352 g/mol. The Morgan fingerprint density at radius 2 is 1.31 bits per heavy atom. The van der Waals surface area contributed by atoms with E-state index in [9.17, 15) is 0 Å². The molecule has 4 aromatic carbocycles. The predicted octanol–water partition coefficient (Wildman–Crippen LogP) is 7.20. The summed E-state index contributed by atoms with van der Waals surface area (Å²) in [5.41, 5.74) is 7.24. The van der Waals surface area contributed by atoms with E-state index in [-0.39, 0.29) is 0 Å². The van der Waals surface area contributed by atoms with Crippen molar-refractivity contribution in [3.05, 3.63) is 103 Å². The summed E-state index contributed by atoms with van der Waals surface area (Å²) < 4.78 is 0. The molecule has 2 heterocycles. The molecule has 0 amide bonds. The van der Waals surface area contributed by atoms with Gasteiger partial charge in [0.15, 0.2) is 0 Å². The van der Waals surface area contributed by atoms with Crippen molar-refractivity contribution in [2.75, 3.05) is 0 Å². The van der Waals surface area contributed by atoms with E-state index < -0.39 is 0 Å². The van der Waals surface area contributed by atoms with Crippen molar-refractivity contribution in [1.29, 1.82) is 0 Å². The third kappa shape index (κ3) is 2.54. The summed E-state index contributed by atoms with van der Waals surface area (Å²) in [6.07, 6.45) is 3.67. The van der Waals surface area contributed by atoms with Crippen molar-refractivity contribution in [3.63, 3.8) is 0 Å². The van der Waals surface area contributed by atoms with Crippen molar-refractivity contribution in [2.24, 2.45) is 0 Å². The summed E-state index contributed by atoms with van der Waals surface area (Å²) in [5.74, 6) is 0. The Hall–Kier alpha value is -3.91. The summed E-state index contributed by atoms with van der Waals surface area (Å²) >= 11 is 0. The zero-order chi connectivity index (χ0) is 19.2. The monoisotopic (exact) mass is 370 g/mol. The molecule has 1 N–H and O–H groups in total. The average Bonchev–Trinajstić information content (AvgIpc) is 3.18. The summed E-state index contributed by atoms with van der Waals surface area (Å²) in [6, 6.07) is 32.4. The van der Waals surface area contributed by atoms with Gasteiger partial charge in [-0.25, -0.2) is 0 Å². The number of para-hydroxylation sites is 1. The molecule has 0 aliphatic carbocycles. The fourth-order valence-corrected chi connectivity index (χ4v) is 4.32. The van der Waals surface area contributed by atoms with Crippen LogP contribution in [0, 0.1) is 0 Å². The van der Waals surface area contributed by atoms with E-state index in [2.05, 4.69) is 88.8 Å². The van der Waals surface area contributed by atoms with Crippen LogP contribution in [0.5, 0.6) is 0 Å². The molecule has 0 unspecified atom stereocenters. The molecule has 0 atom stereocenters. The van der Waals surface area contributed by atoms with Gasteiger partial charge in [0.1, 0.15) is 0 Å². The minimum Gasteiger partial charge on any atom is -0.354 e. The van der Waals surface area contributed by atoms with Crippen LogP contribution in [-0.2, 0) is 0 Å². The number of nitrogens with zero attached hydrogens (tertiary/aromatic N) is 1. The van der Waals surface area contributed by atoms with Crippen LogP contribution >= 0.6 is 0 Å².